The lowest BCUT2D eigenvalue weighted by molar-refractivity contribution is 0.157. The average Bonchev–Trinajstić information content (AvgIpc) is 2.99. The second-order valence-corrected chi connectivity index (χ2v) is 5.97. The fourth-order valence-electron chi connectivity index (χ4n) is 1.62. The van der Waals surface area contributed by atoms with Gasteiger partial charge in [-0.3, -0.25) is 4.98 Å². The number of rotatable bonds is 6. The van der Waals surface area contributed by atoms with Gasteiger partial charge in [-0.2, -0.15) is 0 Å². The first-order chi connectivity index (χ1) is 8.25. The molecule has 2 heterocycles. The van der Waals surface area contributed by atoms with E-state index in [4.69, 9.17) is 0 Å². The van der Waals surface area contributed by atoms with E-state index in [9.17, 15) is 5.11 Å². The number of hydrogen-bond acceptors (Lipinski definition) is 5. The van der Waals surface area contributed by atoms with Crippen LogP contribution in [0.2, 0.25) is 0 Å². The first kappa shape index (κ1) is 12.7. The summed E-state index contributed by atoms with van der Waals surface area (Å²) in [6.45, 7) is 2.92. The average molecular weight is 268 g/mol. The highest BCUT2D eigenvalue weighted by atomic mass is 32.1. The molecule has 0 aliphatic heterocycles. The van der Waals surface area contributed by atoms with Crippen LogP contribution >= 0.6 is 22.7 Å². The number of nitrogens with zero attached hydrogens (tertiary/aromatic N) is 1. The van der Waals surface area contributed by atoms with E-state index >= 15 is 0 Å². The van der Waals surface area contributed by atoms with Crippen molar-refractivity contribution in [3.05, 3.63) is 39.0 Å². The topological polar surface area (TPSA) is 45.1 Å². The molecule has 0 fully saturated rings. The maximum absolute atomic E-state index is 10.00. The predicted molar refractivity (Wildman–Crippen MR) is 72.3 cm³/mol. The van der Waals surface area contributed by atoms with Crippen molar-refractivity contribution >= 4 is 22.7 Å². The van der Waals surface area contributed by atoms with Crippen molar-refractivity contribution in [2.75, 3.05) is 0 Å². The summed E-state index contributed by atoms with van der Waals surface area (Å²) in [7, 11) is 0. The van der Waals surface area contributed by atoms with Crippen LogP contribution in [-0.2, 0) is 6.54 Å². The Balaban J connectivity index is 1.75. The van der Waals surface area contributed by atoms with Gasteiger partial charge >= 0.3 is 0 Å². The largest absolute Gasteiger partial charge is 0.388 e. The minimum absolute atomic E-state index is 0.286. The highest BCUT2D eigenvalue weighted by Crippen LogP contribution is 2.22. The molecule has 2 unspecified atom stereocenters. The molecule has 0 aliphatic rings. The van der Waals surface area contributed by atoms with Gasteiger partial charge in [0.15, 0.2) is 0 Å². The Labute approximate surface area is 109 Å². The molecule has 0 aliphatic carbocycles. The SMILES string of the molecule is CC(CC(O)c1cccs1)NCc1cncs1. The summed E-state index contributed by atoms with van der Waals surface area (Å²) < 4.78 is 0. The Hall–Kier alpha value is -0.750. The standard InChI is InChI=1S/C12H16N2OS2/c1-9(14-7-10-6-13-8-17-10)5-11(15)12-3-2-4-16-12/h2-4,6,8-9,11,14-15H,5,7H2,1H3. The van der Waals surface area contributed by atoms with Gasteiger partial charge in [-0.15, -0.1) is 22.7 Å². The third-order valence-corrected chi connectivity index (χ3v) is 4.31. The maximum Gasteiger partial charge on any atom is 0.0896 e. The fourth-order valence-corrected chi connectivity index (χ4v) is 2.89. The Morgan fingerprint density at radius 1 is 1.47 bits per heavy atom. The minimum Gasteiger partial charge on any atom is -0.388 e. The number of nitrogens with one attached hydrogen (secondary N) is 1. The number of thiophene rings is 1. The number of thiazole rings is 1. The van der Waals surface area contributed by atoms with Crippen LogP contribution in [0, 0.1) is 0 Å². The first-order valence-corrected chi connectivity index (χ1v) is 7.34. The third-order valence-electron chi connectivity index (χ3n) is 2.56. The van der Waals surface area contributed by atoms with Crippen molar-refractivity contribution in [2.45, 2.75) is 32.0 Å². The monoisotopic (exact) mass is 268 g/mol. The smallest absolute Gasteiger partial charge is 0.0896 e. The van der Waals surface area contributed by atoms with Gasteiger partial charge in [0, 0.05) is 28.5 Å². The Bertz CT molecular complexity index is 414. The van der Waals surface area contributed by atoms with Crippen LogP contribution in [0.5, 0.6) is 0 Å². The van der Waals surface area contributed by atoms with Gasteiger partial charge in [-0.1, -0.05) is 6.07 Å². The number of hydrogen-bond donors (Lipinski definition) is 2. The maximum atomic E-state index is 10.00. The van der Waals surface area contributed by atoms with Crippen molar-refractivity contribution in [1.29, 1.82) is 0 Å². The second-order valence-electron chi connectivity index (χ2n) is 4.02. The summed E-state index contributed by atoms with van der Waals surface area (Å²) in [6, 6.07) is 4.23. The molecule has 2 atom stereocenters. The summed E-state index contributed by atoms with van der Waals surface area (Å²) in [5, 5.41) is 15.4. The van der Waals surface area contributed by atoms with Crippen molar-refractivity contribution in [2.24, 2.45) is 0 Å². The van der Waals surface area contributed by atoms with Crippen molar-refractivity contribution in [3.8, 4) is 0 Å². The summed E-state index contributed by atoms with van der Waals surface area (Å²) in [5.74, 6) is 0. The van der Waals surface area contributed by atoms with Crippen LogP contribution < -0.4 is 5.32 Å². The van der Waals surface area contributed by atoms with Gasteiger partial charge in [0.1, 0.15) is 0 Å². The normalized spacial score (nSPS) is 14.7. The van der Waals surface area contributed by atoms with Gasteiger partial charge in [0.2, 0.25) is 0 Å². The molecular weight excluding hydrogens is 252 g/mol. The summed E-state index contributed by atoms with van der Waals surface area (Å²) in [4.78, 5) is 6.30. The van der Waals surface area contributed by atoms with E-state index in [1.165, 1.54) is 4.88 Å². The van der Waals surface area contributed by atoms with Gasteiger partial charge in [0.05, 0.1) is 11.6 Å². The number of aromatic nitrogens is 1. The van der Waals surface area contributed by atoms with Crippen molar-refractivity contribution in [3.63, 3.8) is 0 Å². The van der Waals surface area contributed by atoms with E-state index in [0.717, 1.165) is 17.8 Å². The summed E-state index contributed by atoms with van der Waals surface area (Å²) in [5.41, 5.74) is 1.84. The number of aliphatic hydroxyl groups is 1. The zero-order chi connectivity index (χ0) is 12.1. The van der Waals surface area contributed by atoms with E-state index in [1.54, 1.807) is 22.7 Å². The minimum atomic E-state index is -0.362. The zero-order valence-electron chi connectivity index (χ0n) is 9.67. The van der Waals surface area contributed by atoms with Crippen LogP contribution in [0.1, 0.15) is 29.2 Å². The molecule has 0 saturated heterocycles. The molecule has 0 saturated carbocycles. The van der Waals surface area contributed by atoms with Crippen molar-refractivity contribution in [1.82, 2.24) is 10.3 Å². The van der Waals surface area contributed by atoms with Crippen LogP contribution in [0.3, 0.4) is 0 Å². The number of aliphatic hydroxyl groups excluding tert-OH is 1. The van der Waals surface area contributed by atoms with E-state index in [2.05, 4.69) is 17.2 Å². The predicted octanol–water partition coefficient (Wildman–Crippen LogP) is 2.81. The molecule has 0 radical (unpaired) electrons. The Morgan fingerprint density at radius 2 is 2.35 bits per heavy atom. The van der Waals surface area contributed by atoms with E-state index in [0.29, 0.717) is 0 Å². The molecular formula is C12H16N2OS2. The lowest BCUT2D eigenvalue weighted by atomic mass is 10.1. The molecule has 0 amide bonds. The Kier molecular flexibility index (Phi) is 4.67. The second kappa shape index (κ2) is 6.26. The molecule has 2 aromatic rings. The molecule has 17 heavy (non-hydrogen) atoms. The van der Waals surface area contributed by atoms with Crippen LogP contribution in [-0.4, -0.2) is 16.1 Å². The summed E-state index contributed by atoms with van der Waals surface area (Å²) in [6.07, 6.45) is 2.25. The molecule has 0 spiro atoms. The van der Waals surface area contributed by atoms with E-state index in [1.807, 2.05) is 29.2 Å². The molecule has 0 bridgehead atoms. The lowest BCUT2D eigenvalue weighted by Gasteiger charge is -2.16. The first-order valence-electron chi connectivity index (χ1n) is 5.58. The van der Waals surface area contributed by atoms with Crippen LogP contribution in [0.15, 0.2) is 29.2 Å². The van der Waals surface area contributed by atoms with Crippen LogP contribution in [0.25, 0.3) is 0 Å². The molecule has 2 rings (SSSR count). The zero-order valence-corrected chi connectivity index (χ0v) is 11.3. The third kappa shape index (κ3) is 3.89. The molecule has 5 heteroatoms. The molecule has 2 N–H and O–H groups in total. The highest BCUT2D eigenvalue weighted by molar-refractivity contribution is 7.10. The quantitative estimate of drug-likeness (QED) is 0.847. The van der Waals surface area contributed by atoms with Gasteiger partial charge in [-0.05, 0) is 24.8 Å². The molecule has 92 valence electrons. The van der Waals surface area contributed by atoms with E-state index < -0.39 is 0 Å². The van der Waals surface area contributed by atoms with Crippen LogP contribution in [0.4, 0.5) is 0 Å². The molecule has 3 nitrogen and oxygen atoms in total. The van der Waals surface area contributed by atoms with Crippen molar-refractivity contribution < 1.29 is 5.11 Å². The highest BCUT2D eigenvalue weighted by Gasteiger charge is 2.12. The molecule has 2 aromatic heterocycles. The summed E-state index contributed by atoms with van der Waals surface area (Å²) >= 11 is 3.25. The van der Waals surface area contributed by atoms with Gasteiger partial charge in [-0.25, -0.2) is 0 Å². The van der Waals surface area contributed by atoms with Gasteiger partial charge in [0.25, 0.3) is 0 Å². The van der Waals surface area contributed by atoms with E-state index in [-0.39, 0.29) is 12.1 Å². The lowest BCUT2D eigenvalue weighted by Crippen LogP contribution is -2.26. The van der Waals surface area contributed by atoms with Gasteiger partial charge < -0.3 is 10.4 Å². The Morgan fingerprint density at radius 3 is 3.00 bits per heavy atom. The fraction of sp³-hybridized carbons (Fsp3) is 0.417. The molecule has 0 aromatic carbocycles.